The zero-order valence-electron chi connectivity index (χ0n) is 12.6. The van der Waals surface area contributed by atoms with Crippen LogP contribution < -0.4 is 11.5 Å². The van der Waals surface area contributed by atoms with Crippen LogP contribution in [0.2, 0.25) is 0 Å². The van der Waals surface area contributed by atoms with Crippen molar-refractivity contribution in [3.05, 3.63) is 60.3 Å². The molecule has 4 N–H and O–H groups in total. The maximum absolute atomic E-state index is 6.09. The van der Waals surface area contributed by atoms with Crippen molar-refractivity contribution in [3.63, 3.8) is 0 Å². The average molecular weight is 290 g/mol. The van der Waals surface area contributed by atoms with E-state index in [4.69, 9.17) is 23.7 Å². The van der Waals surface area contributed by atoms with Gasteiger partial charge in [0.05, 0.1) is 4.99 Å². The molecule has 20 heavy (non-hydrogen) atoms. The van der Waals surface area contributed by atoms with Gasteiger partial charge >= 0.3 is 0 Å². The summed E-state index contributed by atoms with van der Waals surface area (Å²) in [6, 6.07) is -0.107. The van der Waals surface area contributed by atoms with Crippen LogP contribution in [-0.4, -0.2) is 11.0 Å². The number of allylic oxidation sites excluding steroid dienone is 6. The van der Waals surface area contributed by atoms with Gasteiger partial charge in [0.15, 0.2) is 0 Å². The number of thiocarbonyl (C=S) groups is 1. The van der Waals surface area contributed by atoms with Crippen molar-refractivity contribution in [3.8, 4) is 0 Å². The van der Waals surface area contributed by atoms with Crippen molar-refractivity contribution < 1.29 is 0 Å². The van der Waals surface area contributed by atoms with Crippen LogP contribution in [0.15, 0.2) is 60.3 Å². The van der Waals surface area contributed by atoms with E-state index in [1.54, 1.807) is 6.08 Å². The molecule has 1 unspecified atom stereocenters. The van der Waals surface area contributed by atoms with Gasteiger partial charge in [0.25, 0.3) is 0 Å². The smallest absolute Gasteiger partial charge is 0.0728 e. The molecule has 0 saturated heterocycles. The van der Waals surface area contributed by atoms with Gasteiger partial charge < -0.3 is 11.5 Å². The Morgan fingerprint density at radius 2 is 1.95 bits per heavy atom. The molecule has 0 fully saturated rings. The summed E-state index contributed by atoms with van der Waals surface area (Å²) in [4.78, 5) is 0.490. The molecular formula is C17H26N2S. The monoisotopic (exact) mass is 290 g/mol. The first-order valence-corrected chi connectivity index (χ1v) is 7.10. The van der Waals surface area contributed by atoms with Crippen molar-refractivity contribution in [2.45, 2.75) is 39.2 Å². The lowest BCUT2D eigenvalue weighted by Crippen LogP contribution is -2.24. The zero-order chi connectivity index (χ0) is 15.7. The molecule has 0 aromatic heterocycles. The molecule has 3 heteroatoms. The largest absolute Gasteiger partial charge is 0.393 e. The third kappa shape index (κ3) is 6.64. The van der Waals surface area contributed by atoms with E-state index in [9.17, 15) is 0 Å². The molecule has 0 spiro atoms. The molecule has 0 saturated carbocycles. The molecule has 0 aromatic rings. The third-order valence-electron chi connectivity index (χ3n) is 3.19. The first kappa shape index (κ1) is 18.6. The molecule has 0 aliphatic rings. The molecule has 0 radical (unpaired) electrons. The van der Waals surface area contributed by atoms with E-state index >= 15 is 0 Å². The Morgan fingerprint density at radius 1 is 1.35 bits per heavy atom. The summed E-state index contributed by atoms with van der Waals surface area (Å²) >= 11 is 4.86. The Balaban J connectivity index is 4.73. The predicted octanol–water partition coefficient (Wildman–Crippen LogP) is 3.96. The Kier molecular flexibility index (Phi) is 8.77. The number of nitrogens with two attached hydrogens (primary N) is 2. The second-order valence-corrected chi connectivity index (χ2v) is 5.36. The minimum Gasteiger partial charge on any atom is -0.393 e. The fraction of sp³-hybridized carbons (Fsp3) is 0.353. The Labute approximate surface area is 128 Å². The van der Waals surface area contributed by atoms with Gasteiger partial charge in [-0.3, -0.25) is 0 Å². The van der Waals surface area contributed by atoms with Crippen LogP contribution in [0.5, 0.6) is 0 Å². The Bertz CT molecular complexity index is 456. The second kappa shape index (κ2) is 9.45. The van der Waals surface area contributed by atoms with Crippen molar-refractivity contribution >= 4 is 17.2 Å². The van der Waals surface area contributed by atoms with E-state index in [0.29, 0.717) is 17.8 Å². The van der Waals surface area contributed by atoms with Crippen molar-refractivity contribution in [1.29, 1.82) is 0 Å². The summed E-state index contributed by atoms with van der Waals surface area (Å²) in [5.41, 5.74) is 15.8. The standard InChI is InChI=1S/C17H26N2S/c1-6-8-15(12(3)7-2)13(4)11-14(5)16(18)9-10-17(19)20/h6-8,16H,1,4-5,9-11,18H2,2-3H3,(H2,19,20)/b12-7-,15-8+. The van der Waals surface area contributed by atoms with Gasteiger partial charge in [-0.05, 0) is 49.8 Å². The van der Waals surface area contributed by atoms with E-state index in [1.807, 2.05) is 13.0 Å². The lowest BCUT2D eigenvalue weighted by Gasteiger charge is -2.18. The normalized spacial score (nSPS) is 13.8. The Hall–Kier alpha value is -1.45. The summed E-state index contributed by atoms with van der Waals surface area (Å²) in [5, 5.41) is 0. The van der Waals surface area contributed by atoms with Crippen LogP contribution in [-0.2, 0) is 0 Å². The van der Waals surface area contributed by atoms with Gasteiger partial charge in [-0.2, -0.15) is 0 Å². The van der Waals surface area contributed by atoms with E-state index in [0.717, 1.165) is 23.1 Å². The van der Waals surface area contributed by atoms with Crippen LogP contribution >= 0.6 is 12.2 Å². The van der Waals surface area contributed by atoms with E-state index < -0.39 is 0 Å². The topological polar surface area (TPSA) is 52.0 Å². The number of hydrogen-bond acceptors (Lipinski definition) is 2. The van der Waals surface area contributed by atoms with Crippen LogP contribution in [0.1, 0.15) is 33.1 Å². The molecule has 0 rings (SSSR count). The lowest BCUT2D eigenvalue weighted by atomic mass is 9.91. The summed E-state index contributed by atoms with van der Waals surface area (Å²) < 4.78 is 0. The van der Waals surface area contributed by atoms with Crippen LogP contribution in [0.3, 0.4) is 0 Å². The van der Waals surface area contributed by atoms with Crippen LogP contribution in [0.4, 0.5) is 0 Å². The van der Waals surface area contributed by atoms with Gasteiger partial charge in [-0.25, -0.2) is 0 Å². The first-order valence-electron chi connectivity index (χ1n) is 6.69. The minimum absolute atomic E-state index is 0.107. The molecule has 1 atom stereocenters. The van der Waals surface area contributed by atoms with Crippen molar-refractivity contribution in [2.75, 3.05) is 0 Å². The highest BCUT2D eigenvalue weighted by Crippen LogP contribution is 2.25. The van der Waals surface area contributed by atoms with E-state index in [2.05, 4.69) is 32.7 Å². The molecule has 2 nitrogen and oxygen atoms in total. The number of hydrogen-bond donors (Lipinski definition) is 2. The van der Waals surface area contributed by atoms with E-state index in [-0.39, 0.29) is 6.04 Å². The van der Waals surface area contributed by atoms with Gasteiger partial charge in [-0.1, -0.05) is 55.8 Å². The van der Waals surface area contributed by atoms with Gasteiger partial charge in [-0.15, -0.1) is 0 Å². The molecule has 0 bridgehead atoms. The van der Waals surface area contributed by atoms with Crippen molar-refractivity contribution in [1.82, 2.24) is 0 Å². The molecule has 0 amide bonds. The van der Waals surface area contributed by atoms with Crippen LogP contribution in [0, 0.1) is 0 Å². The SMILES string of the molecule is C=C/C=C(C(=C)CC(=C)C(N)CCC(N)=S)\C(C)=C/C. The minimum atomic E-state index is -0.107. The molecule has 0 aromatic carbocycles. The fourth-order valence-corrected chi connectivity index (χ4v) is 1.92. The molecule has 110 valence electrons. The predicted molar refractivity (Wildman–Crippen MR) is 94.6 cm³/mol. The molecule has 0 aliphatic heterocycles. The maximum Gasteiger partial charge on any atom is 0.0728 e. The van der Waals surface area contributed by atoms with Gasteiger partial charge in [0, 0.05) is 6.04 Å². The van der Waals surface area contributed by atoms with Crippen LogP contribution in [0.25, 0.3) is 0 Å². The molecule has 0 heterocycles. The number of rotatable bonds is 9. The first-order chi connectivity index (χ1) is 9.33. The third-order valence-corrected chi connectivity index (χ3v) is 3.39. The summed E-state index contributed by atoms with van der Waals surface area (Å²) in [6.07, 6.45) is 7.82. The fourth-order valence-electron chi connectivity index (χ4n) is 1.80. The second-order valence-electron chi connectivity index (χ2n) is 4.84. The summed E-state index contributed by atoms with van der Waals surface area (Å²) in [7, 11) is 0. The van der Waals surface area contributed by atoms with Gasteiger partial charge in [0.2, 0.25) is 0 Å². The quantitative estimate of drug-likeness (QED) is 0.384. The Morgan fingerprint density at radius 3 is 2.40 bits per heavy atom. The lowest BCUT2D eigenvalue weighted by molar-refractivity contribution is 0.698. The highest BCUT2D eigenvalue weighted by Gasteiger charge is 2.11. The van der Waals surface area contributed by atoms with Gasteiger partial charge in [0.1, 0.15) is 0 Å². The molecular weight excluding hydrogens is 264 g/mol. The summed E-state index contributed by atoms with van der Waals surface area (Å²) in [6.45, 7) is 16.0. The highest BCUT2D eigenvalue weighted by molar-refractivity contribution is 7.80. The maximum atomic E-state index is 6.09. The average Bonchev–Trinajstić information content (AvgIpc) is 2.40. The van der Waals surface area contributed by atoms with Crippen molar-refractivity contribution in [2.24, 2.45) is 11.5 Å². The molecule has 0 aliphatic carbocycles. The zero-order valence-corrected chi connectivity index (χ0v) is 13.4. The highest BCUT2D eigenvalue weighted by atomic mass is 32.1. The van der Waals surface area contributed by atoms with E-state index in [1.165, 1.54) is 5.57 Å². The summed E-state index contributed by atoms with van der Waals surface area (Å²) in [5.74, 6) is 0.